The van der Waals surface area contributed by atoms with E-state index in [0.717, 1.165) is 44.2 Å². The summed E-state index contributed by atoms with van der Waals surface area (Å²) in [6, 6.07) is 9.76. The smallest absolute Gasteiger partial charge is 0.236 e. The van der Waals surface area contributed by atoms with E-state index in [1.807, 2.05) is 35.2 Å². The number of nitrogens with zero attached hydrogens (tertiary/aromatic N) is 2. The first-order chi connectivity index (χ1) is 11.2. The molecule has 0 radical (unpaired) electrons. The van der Waals surface area contributed by atoms with E-state index in [2.05, 4.69) is 10.2 Å². The summed E-state index contributed by atoms with van der Waals surface area (Å²) in [7, 11) is 0. The molecule has 1 aromatic rings. The Bertz CT molecular complexity index is 496. The zero-order valence-electron chi connectivity index (χ0n) is 13.7. The lowest BCUT2D eigenvalue weighted by Gasteiger charge is -2.35. The molecule has 2 N–H and O–H groups in total. The van der Waals surface area contributed by atoms with Gasteiger partial charge in [-0.1, -0.05) is 30.3 Å². The third kappa shape index (κ3) is 5.03. The molecule has 0 spiro atoms. The van der Waals surface area contributed by atoms with Crippen LogP contribution in [0.15, 0.2) is 30.3 Å². The summed E-state index contributed by atoms with van der Waals surface area (Å²) in [6.45, 7) is 5.25. The maximum absolute atomic E-state index is 12.1. The quantitative estimate of drug-likeness (QED) is 0.783. The Morgan fingerprint density at radius 3 is 2.52 bits per heavy atom. The molecule has 0 bridgehead atoms. The third-order valence-electron chi connectivity index (χ3n) is 4.75. The number of nitrogens with one attached hydrogen (secondary N) is 1. The van der Waals surface area contributed by atoms with Gasteiger partial charge in [0.05, 0.1) is 12.6 Å². The van der Waals surface area contributed by atoms with Gasteiger partial charge in [0, 0.05) is 32.7 Å². The van der Waals surface area contributed by atoms with Crippen molar-refractivity contribution in [2.75, 3.05) is 45.8 Å². The van der Waals surface area contributed by atoms with Crippen LogP contribution < -0.4 is 5.32 Å². The van der Waals surface area contributed by atoms with Crippen molar-refractivity contribution >= 4 is 5.91 Å². The van der Waals surface area contributed by atoms with Gasteiger partial charge < -0.3 is 15.3 Å². The molecular weight excluding hydrogens is 290 g/mol. The van der Waals surface area contributed by atoms with Gasteiger partial charge >= 0.3 is 0 Å². The van der Waals surface area contributed by atoms with Crippen molar-refractivity contribution < 1.29 is 9.90 Å². The largest absolute Gasteiger partial charge is 0.387 e. The van der Waals surface area contributed by atoms with Gasteiger partial charge in [0.15, 0.2) is 0 Å². The first-order valence-corrected chi connectivity index (χ1v) is 8.66. The molecular formula is C18H27N3O2. The molecule has 5 heteroatoms. The van der Waals surface area contributed by atoms with Crippen molar-refractivity contribution in [2.24, 2.45) is 5.92 Å². The molecule has 1 atom stereocenters. The highest BCUT2D eigenvalue weighted by Gasteiger charge is 2.24. The molecule has 3 rings (SSSR count). The van der Waals surface area contributed by atoms with Crippen LogP contribution in [0.1, 0.15) is 24.5 Å². The molecule has 126 valence electrons. The van der Waals surface area contributed by atoms with Gasteiger partial charge in [0.1, 0.15) is 0 Å². The minimum atomic E-state index is -0.460. The molecule has 0 aromatic heterocycles. The lowest BCUT2D eigenvalue weighted by Crippen LogP contribution is -2.51. The Morgan fingerprint density at radius 2 is 1.87 bits per heavy atom. The van der Waals surface area contributed by atoms with E-state index in [-0.39, 0.29) is 5.91 Å². The topological polar surface area (TPSA) is 55.8 Å². The number of hydrogen-bond donors (Lipinski definition) is 2. The summed E-state index contributed by atoms with van der Waals surface area (Å²) < 4.78 is 0. The summed E-state index contributed by atoms with van der Waals surface area (Å²) in [5.41, 5.74) is 0.954. The van der Waals surface area contributed by atoms with Gasteiger partial charge in [-0.15, -0.1) is 0 Å². The summed E-state index contributed by atoms with van der Waals surface area (Å²) >= 11 is 0. The first-order valence-electron chi connectivity index (χ1n) is 8.66. The average molecular weight is 317 g/mol. The van der Waals surface area contributed by atoms with Crippen LogP contribution in [0, 0.1) is 5.92 Å². The van der Waals surface area contributed by atoms with Gasteiger partial charge in [0.2, 0.25) is 5.91 Å². The lowest BCUT2D eigenvalue weighted by molar-refractivity contribution is -0.132. The van der Waals surface area contributed by atoms with Crippen molar-refractivity contribution in [1.82, 2.24) is 15.1 Å². The fourth-order valence-corrected chi connectivity index (χ4v) is 3.02. The molecule has 1 aliphatic carbocycles. The number of piperazine rings is 1. The van der Waals surface area contributed by atoms with E-state index in [9.17, 15) is 9.90 Å². The lowest BCUT2D eigenvalue weighted by atomic mass is 10.1. The Labute approximate surface area is 138 Å². The highest BCUT2D eigenvalue weighted by Crippen LogP contribution is 2.27. The number of benzene rings is 1. The average Bonchev–Trinajstić information content (AvgIpc) is 3.40. The van der Waals surface area contributed by atoms with Crippen molar-refractivity contribution in [2.45, 2.75) is 18.9 Å². The van der Waals surface area contributed by atoms with E-state index in [0.29, 0.717) is 13.1 Å². The molecule has 23 heavy (non-hydrogen) atoms. The molecule has 1 saturated carbocycles. The van der Waals surface area contributed by atoms with Crippen LogP contribution in [0.4, 0.5) is 0 Å². The van der Waals surface area contributed by atoms with Crippen LogP contribution in [-0.2, 0) is 4.79 Å². The fourth-order valence-electron chi connectivity index (χ4n) is 3.02. The van der Waals surface area contributed by atoms with Gasteiger partial charge in [-0.25, -0.2) is 0 Å². The van der Waals surface area contributed by atoms with Gasteiger partial charge in [-0.05, 0) is 30.9 Å². The van der Waals surface area contributed by atoms with Crippen molar-refractivity contribution in [3.63, 3.8) is 0 Å². The number of carbonyl (C=O) groups is 1. The minimum Gasteiger partial charge on any atom is -0.387 e. The molecule has 1 saturated heterocycles. The molecule has 1 aromatic carbocycles. The van der Waals surface area contributed by atoms with Crippen LogP contribution in [0.3, 0.4) is 0 Å². The van der Waals surface area contributed by atoms with Crippen LogP contribution in [0.5, 0.6) is 0 Å². The van der Waals surface area contributed by atoms with Gasteiger partial charge in [-0.2, -0.15) is 0 Å². The summed E-state index contributed by atoms with van der Waals surface area (Å²) in [4.78, 5) is 16.3. The highest BCUT2D eigenvalue weighted by atomic mass is 16.3. The number of amides is 1. The number of aliphatic hydroxyl groups excluding tert-OH is 1. The molecule has 2 fully saturated rings. The van der Waals surface area contributed by atoms with E-state index in [1.165, 1.54) is 12.8 Å². The Kier molecular flexibility index (Phi) is 5.65. The van der Waals surface area contributed by atoms with Crippen LogP contribution in [0.25, 0.3) is 0 Å². The zero-order valence-corrected chi connectivity index (χ0v) is 13.7. The standard InChI is InChI=1S/C18H27N3O2/c22-17(16-4-2-1-3-5-16)14-20-8-10-21(11-9-20)18(23)13-19-12-15-6-7-15/h1-5,15,17,19,22H,6-14H2. The van der Waals surface area contributed by atoms with Crippen molar-refractivity contribution in [3.8, 4) is 0 Å². The van der Waals surface area contributed by atoms with Crippen LogP contribution in [0.2, 0.25) is 0 Å². The normalized spacial score (nSPS) is 20.5. The first kappa shape index (κ1) is 16.4. The predicted molar refractivity (Wildman–Crippen MR) is 90.0 cm³/mol. The maximum atomic E-state index is 12.1. The van der Waals surface area contributed by atoms with Crippen LogP contribution in [-0.4, -0.2) is 66.6 Å². The number of β-amino-alcohol motifs (C(OH)–C–C–N with tert-alkyl or cyclic N) is 1. The molecule has 1 heterocycles. The van der Waals surface area contributed by atoms with Crippen molar-refractivity contribution in [3.05, 3.63) is 35.9 Å². The summed E-state index contributed by atoms with van der Waals surface area (Å²) in [6.07, 6.45) is 2.16. The van der Waals surface area contributed by atoms with Crippen molar-refractivity contribution in [1.29, 1.82) is 0 Å². The SMILES string of the molecule is O=C(CNCC1CC1)N1CCN(CC(O)c2ccccc2)CC1. The second-order valence-corrected chi connectivity index (χ2v) is 6.68. The molecule has 1 unspecified atom stereocenters. The van der Waals surface area contributed by atoms with Gasteiger partial charge in [-0.3, -0.25) is 9.69 Å². The van der Waals surface area contributed by atoms with Crippen LogP contribution >= 0.6 is 0 Å². The number of aliphatic hydroxyl groups is 1. The molecule has 2 aliphatic rings. The molecule has 5 nitrogen and oxygen atoms in total. The van der Waals surface area contributed by atoms with E-state index >= 15 is 0 Å². The van der Waals surface area contributed by atoms with E-state index in [4.69, 9.17) is 0 Å². The van der Waals surface area contributed by atoms with Gasteiger partial charge in [0.25, 0.3) is 0 Å². The minimum absolute atomic E-state index is 0.203. The zero-order chi connectivity index (χ0) is 16.1. The second kappa shape index (κ2) is 7.90. The maximum Gasteiger partial charge on any atom is 0.236 e. The Morgan fingerprint density at radius 1 is 1.17 bits per heavy atom. The Hall–Kier alpha value is -1.43. The number of hydrogen-bond acceptors (Lipinski definition) is 4. The molecule has 1 amide bonds. The fraction of sp³-hybridized carbons (Fsp3) is 0.611. The Balaban J connectivity index is 1.36. The summed E-state index contributed by atoms with van der Waals surface area (Å²) in [5, 5.41) is 13.6. The third-order valence-corrected chi connectivity index (χ3v) is 4.75. The molecule has 1 aliphatic heterocycles. The highest BCUT2D eigenvalue weighted by molar-refractivity contribution is 5.78. The summed E-state index contributed by atoms with van der Waals surface area (Å²) in [5.74, 6) is 1.01. The predicted octanol–water partition coefficient (Wildman–Crippen LogP) is 0.864. The second-order valence-electron chi connectivity index (χ2n) is 6.68. The monoisotopic (exact) mass is 317 g/mol. The number of carbonyl (C=O) groups excluding carboxylic acids is 1. The van der Waals surface area contributed by atoms with E-state index in [1.54, 1.807) is 0 Å². The number of rotatable bonds is 7. The van der Waals surface area contributed by atoms with E-state index < -0.39 is 6.10 Å².